The molecule has 2 N–H and O–H groups in total. The Labute approximate surface area is 119 Å². The van der Waals surface area contributed by atoms with Crippen molar-refractivity contribution in [3.8, 4) is 0 Å². The number of fused-ring (bicyclic) bond motifs is 1. The Kier molecular flexibility index (Phi) is 3.79. The average molecular weight is 299 g/mol. The maximum absolute atomic E-state index is 13.2. The molecule has 7 heteroatoms. The number of aryl methyl sites for hydroxylation is 1. The second kappa shape index (κ2) is 5.14. The van der Waals surface area contributed by atoms with Gasteiger partial charge in [-0.1, -0.05) is 6.92 Å². The van der Waals surface area contributed by atoms with Crippen LogP contribution < -0.4 is 11.3 Å². The van der Waals surface area contributed by atoms with Crippen LogP contribution in [0.4, 0.5) is 13.2 Å². The molecule has 1 aromatic heterocycles. The van der Waals surface area contributed by atoms with Gasteiger partial charge in [0.2, 0.25) is 0 Å². The van der Waals surface area contributed by atoms with Crippen LogP contribution in [0.15, 0.2) is 16.9 Å². The lowest BCUT2D eigenvalue weighted by atomic mass is 9.96. The summed E-state index contributed by atoms with van der Waals surface area (Å²) in [4.78, 5) is 16.2. The van der Waals surface area contributed by atoms with Gasteiger partial charge < -0.3 is 5.73 Å². The number of hydrogen-bond donors (Lipinski definition) is 1. The molecule has 2 rings (SSSR count). The molecule has 0 aliphatic heterocycles. The SMILES string of the molecule is CCC(N)c1cc2c(=O)n(C)c(C)nc2cc1C(F)(F)F. The highest BCUT2D eigenvalue weighted by molar-refractivity contribution is 5.80. The monoisotopic (exact) mass is 299 g/mol. The third kappa shape index (κ3) is 2.65. The molecule has 0 saturated heterocycles. The third-order valence-corrected chi connectivity index (χ3v) is 3.62. The van der Waals surface area contributed by atoms with Crippen molar-refractivity contribution in [3.05, 3.63) is 39.4 Å². The molecule has 0 aliphatic carbocycles. The minimum atomic E-state index is -4.53. The molecule has 0 amide bonds. The van der Waals surface area contributed by atoms with Gasteiger partial charge in [0.1, 0.15) is 5.82 Å². The molecular formula is C14H16F3N3O. The van der Waals surface area contributed by atoms with Gasteiger partial charge in [0, 0.05) is 13.1 Å². The Hall–Kier alpha value is -1.89. The highest BCUT2D eigenvalue weighted by Crippen LogP contribution is 2.36. The second-order valence-electron chi connectivity index (χ2n) is 4.99. The summed E-state index contributed by atoms with van der Waals surface area (Å²) in [6.45, 7) is 3.26. The molecule has 0 bridgehead atoms. The van der Waals surface area contributed by atoms with Crippen molar-refractivity contribution in [1.29, 1.82) is 0 Å². The zero-order valence-corrected chi connectivity index (χ0v) is 12.0. The van der Waals surface area contributed by atoms with Gasteiger partial charge in [-0.3, -0.25) is 9.36 Å². The summed E-state index contributed by atoms with van der Waals surface area (Å²) in [6, 6.07) is 1.35. The second-order valence-corrected chi connectivity index (χ2v) is 4.99. The quantitative estimate of drug-likeness (QED) is 0.927. The fourth-order valence-electron chi connectivity index (χ4n) is 2.22. The Balaban J connectivity index is 2.90. The number of nitrogens with two attached hydrogens (primary N) is 1. The minimum absolute atomic E-state index is 0.0370. The van der Waals surface area contributed by atoms with Gasteiger partial charge in [-0.2, -0.15) is 13.2 Å². The third-order valence-electron chi connectivity index (χ3n) is 3.62. The topological polar surface area (TPSA) is 60.9 Å². The first-order valence-electron chi connectivity index (χ1n) is 6.50. The van der Waals surface area contributed by atoms with Crippen LogP contribution in [0, 0.1) is 6.92 Å². The molecule has 0 saturated carbocycles. The molecule has 0 fully saturated rings. The van der Waals surface area contributed by atoms with Crippen LogP contribution in [-0.2, 0) is 13.2 Å². The molecule has 114 valence electrons. The summed E-state index contributed by atoms with van der Waals surface area (Å²) >= 11 is 0. The van der Waals surface area contributed by atoms with Crippen LogP contribution >= 0.6 is 0 Å². The van der Waals surface area contributed by atoms with E-state index < -0.39 is 17.8 Å². The van der Waals surface area contributed by atoms with Gasteiger partial charge in [0.25, 0.3) is 5.56 Å². The van der Waals surface area contributed by atoms with Crippen molar-refractivity contribution in [1.82, 2.24) is 9.55 Å². The van der Waals surface area contributed by atoms with Gasteiger partial charge >= 0.3 is 6.18 Å². The largest absolute Gasteiger partial charge is 0.416 e. The van der Waals surface area contributed by atoms with Gasteiger partial charge in [-0.15, -0.1) is 0 Å². The minimum Gasteiger partial charge on any atom is -0.324 e. The smallest absolute Gasteiger partial charge is 0.324 e. The fraction of sp³-hybridized carbons (Fsp3) is 0.429. The van der Waals surface area contributed by atoms with Crippen LogP contribution in [-0.4, -0.2) is 9.55 Å². The van der Waals surface area contributed by atoms with E-state index in [0.29, 0.717) is 12.2 Å². The van der Waals surface area contributed by atoms with Crippen molar-refractivity contribution in [3.63, 3.8) is 0 Å². The predicted molar refractivity (Wildman–Crippen MR) is 73.9 cm³/mol. The summed E-state index contributed by atoms with van der Waals surface area (Å²) in [6.07, 6.45) is -4.19. The molecule has 2 aromatic rings. The Morgan fingerprint density at radius 2 is 2.00 bits per heavy atom. The summed E-state index contributed by atoms with van der Waals surface area (Å²) in [5.41, 5.74) is 4.53. The van der Waals surface area contributed by atoms with Crippen molar-refractivity contribution >= 4 is 10.9 Å². The number of aromatic nitrogens is 2. The first-order chi connectivity index (χ1) is 9.66. The molecule has 1 atom stereocenters. The number of alkyl halides is 3. The standard InChI is InChI=1S/C14H16F3N3O/c1-4-11(18)8-5-9-12(6-10(8)14(15,16)17)19-7(2)20(3)13(9)21/h5-6,11H,4,18H2,1-3H3. The molecular weight excluding hydrogens is 283 g/mol. The molecule has 0 aliphatic rings. The Morgan fingerprint density at radius 3 is 2.52 bits per heavy atom. The first kappa shape index (κ1) is 15.5. The molecule has 4 nitrogen and oxygen atoms in total. The molecule has 1 heterocycles. The van der Waals surface area contributed by atoms with Crippen molar-refractivity contribution < 1.29 is 13.2 Å². The van der Waals surface area contributed by atoms with Gasteiger partial charge in [-0.25, -0.2) is 4.98 Å². The molecule has 1 unspecified atom stereocenters. The zero-order valence-electron chi connectivity index (χ0n) is 12.0. The summed E-state index contributed by atoms with van der Waals surface area (Å²) in [5, 5.41) is 0.148. The highest BCUT2D eigenvalue weighted by atomic mass is 19.4. The number of rotatable bonds is 2. The fourth-order valence-corrected chi connectivity index (χ4v) is 2.22. The number of hydrogen-bond acceptors (Lipinski definition) is 3. The normalized spacial score (nSPS) is 13.7. The van der Waals surface area contributed by atoms with Crippen molar-refractivity contribution in [2.24, 2.45) is 12.8 Å². The van der Waals surface area contributed by atoms with E-state index >= 15 is 0 Å². The van der Waals surface area contributed by atoms with Gasteiger partial charge in [0.05, 0.1) is 16.5 Å². The van der Waals surface area contributed by atoms with Crippen LogP contribution in [0.2, 0.25) is 0 Å². The first-order valence-corrected chi connectivity index (χ1v) is 6.50. The van der Waals surface area contributed by atoms with E-state index in [0.717, 1.165) is 6.07 Å². The van der Waals surface area contributed by atoms with E-state index in [2.05, 4.69) is 4.98 Å². The van der Waals surface area contributed by atoms with Crippen LogP contribution in [0.3, 0.4) is 0 Å². The molecule has 1 aromatic carbocycles. The van der Waals surface area contributed by atoms with Gasteiger partial charge in [0.15, 0.2) is 0 Å². The molecule has 21 heavy (non-hydrogen) atoms. The van der Waals surface area contributed by atoms with E-state index in [1.165, 1.54) is 17.7 Å². The predicted octanol–water partition coefficient (Wildman–Crippen LogP) is 2.67. The summed E-state index contributed by atoms with van der Waals surface area (Å²) < 4.78 is 40.9. The maximum Gasteiger partial charge on any atom is 0.416 e. The van der Waals surface area contributed by atoms with E-state index in [4.69, 9.17) is 5.73 Å². The van der Waals surface area contributed by atoms with Crippen LogP contribution in [0.5, 0.6) is 0 Å². The zero-order chi connectivity index (χ0) is 15.9. The summed E-state index contributed by atoms with van der Waals surface area (Å²) in [7, 11) is 1.53. The number of nitrogens with zero attached hydrogens (tertiary/aromatic N) is 2. The average Bonchev–Trinajstić information content (AvgIpc) is 2.42. The van der Waals surface area contributed by atoms with E-state index in [9.17, 15) is 18.0 Å². The van der Waals surface area contributed by atoms with Crippen molar-refractivity contribution in [2.45, 2.75) is 32.5 Å². The van der Waals surface area contributed by atoms with Crippen molar-refractivity contribution in [2.75, 3.05) is 0 Å². The van der Waals surface area contributed by atoms with Crippen LogP contribution in [0.25, 0.3) is 10.9 Å². The lowest BCUT2D eigenvalue weighted by Gasteiger charge is -2.18. The molecule has 0 spiro atoms. The van der Waals surface area contributed by atoms with Crippen LogP contribution in [0.1, 0.15) is 36.3 Å². The maximum atomic E-state index is 13.2. The van der Waals surface area contributed by atoms with E-state index in [1.54, 1.807) is 13.8 Å². The lowest BCUT2D eigenvalue weighted by molar-refractivity contribution is -0.138. The Morgan fingerprint density at radius 1 is 1.38 bits per heavy atom. The summed E-state index contributed by atoms with van der Waals surface area (Å²) in [5.74, 6) is 0.355. The number of benzene rings is 1. The van der Waals surface area contributed by atoms with E-state index in [-0.39, 0.29) is 22.0 Å². The highest BCUT2D eigenvalue weighted by Gasteiger charge is 2.35. The Bertz CT molecular complexity index is 750. The number of halogens is 3. The van der Waals surface area contributed by atoms with Gasteiger partial charge in [-0.05, 0) is 31.0 Å². The molecule has 0 radical (unpaired) electrons. The lowest BCUT2D eigenvalue weighted by Crippen LogP contribution is -2.23. The van der Waals surface area contributed by atoms with E-state index in [1.807, 2.05) is 0 Å².